The fraction of sp³-hybridized carbons (Fsp3) is 0.571. The molecular weight excluding hydrogens is 260 g/mol. The van der Waals surface area contributed by atoms with Crippen LogP contribution in [0.15, 0.2) is 30.3 Å². The highest BCUT2D eigenvalue weighted by Crippen LogP contribution is 2.18. The third-order valence-corrected chi connectivity index (χ3v) is 5.33. The number of hydrogen-bond acceptors (Lipinski definition) is 3. The number of benzene rings is 1. The van der Waals surface area contributed by atoms with Crippen molar-refractivity contribution in [3.8, 4) is 0 Å². The first-order chi connectivity index (χ1) is 9.13. The maximum absolute atomic E-state index is 12.6. The first-order valence-electron chi connectivity index (χ1n) is 6.87. The molecule has 1 fully saturated rings. The van der Waals surface area contributed by atoms with Crippen LogP contribution in [-0.2, 0) is 15.8 Å². The van der Waals surface area contributed by atoms with E-state index in [1.807, 2.05) is 37.3 Å². The zero-order valence-corrected chi connectivity index (χ0v) is 12.2. The molecule has 19 heavy (non-hydrogen) atoms. The lowest BCUT2D eigenvalue weighted by Crippen LogP contribution is -2.42. The van der Waals surface area contributed by atoms with Crippen molar-refractivity contribution in [3.05, 3.63) is 35.9 Å². The van der Waals surface area contributed by atoms with E-state index in [-0.39, 0.29) is 11.8 Å². The average Bonchev–Trinajstić information content (AvgIpc) is 2.90. The molecule has 1 aromatic carbocycles. The van der Waals surface area contributed by atoms with E-state index in [0.717, 1.165) is 31.5 Å². The van der Waals surface area contributed by atoms with Crippen LogP contribution in [0.4, 0.5) is 0 Å². The van der Waals surface area contributed by atoms with E-state index in [0.29, 0.717) is 6.54 Å². The van der Waals surface area contributed by atoms with Crippen molar-refractivity contribution in [2.45, 2.75) is 31.6 Å². The third-order valence-electron chi connectivity index (χ3n) is 3.43. The molecule has 1 unspecified atom stereocenters. The molecule has 1 saturated heterocycles. The summed E-state index contributed by atoms with van der Waals surface area (Å²) in [5, 5.41) is 3.24. The largest absolute Gasteiger partial charge is 0.315 e. The maximum Gasteiger partial charge on any atom is 0.218 e. The first kappa shape index (κ1) is 14.5. The number of nitrogens with zero attached hydrogens (tertiary/aromatic N) is 1. The summed E-state index contributed by atoms with van der Waals surface area (Å²) in [4.78, 5) is 0. The van der Waals surface area contributed by atoms with Crippen LogP contribution in [0.25, 0.3) is 0 Å². The van der Waals surface area contributed by atoms with Gasteiger partial charge in [-0.1, -0.05) is 37.3 Å². The molecule has 1 N–H and O–H groups in total. The van der Waals surface area contributed by atoms with Crippen molar-refractivity contribution in [2.24, 2.45) is 0 Å². The third kappa shape index (κ3) is 3.78. The Morgan fingerprint density at radius 2 is 2.05 bits per heavy atom. The smallest absolute Gasteiger partial charge is 0.218 e. The Labute approximate surface area is 115 Å². The SMILES string of the molecule is CCCN(C1CCNC1)S(=O)(=O)Cc1ccccc1. The molecule has 1 aromatic rings. The summed E-state index contributed by atoms with van der Waals surface area (Å²) in [7, 11) is -3.23. The lowest BCUT2D eigenvalue weighted by atomic mass is 10.2. The number of rotatable bonds is 6. The zero-order chi connectivity index (χ0) is 13.7. The molecule has 1 atom stereocenters. The van der Waals surface area contributed by atoms with Gasteiger partial charge in [0.1, 0.15) is 0 Å². The van der Waals surface area contributed by atoms with Crippen LogP contribution in [0.3, 0.4) is 0 Å². The Bertz CT molecular complexity index is 481. The molecule has 0 aromatic heterocycles. The molecule has 0 aliphatic carbocycles. The van der Waals surface area contributed by atoms with Gasteiger partial charge >= 0.3 is 0 Å². The Morgan fingerprint density at radius 3 is 2.63 bits per heavy atom. The van der Waals surface area contributed by atoms with E-state index in [1.165, 1.54) is 0 Å². The van der Waals surface area contributed by atoms with Crippen molar-refractivity contribution in [2.75, 3.05) is 19.6 Å². The summed E-state index contributed by atoms with van der Waals surface area (Å²) in [6, 6.07) is 9.52. The molecule has 1 aliphatic rings. The molecule has 0 spiro atoms. The van der Waals surface area contributed by atoms with Gasteiger partial charge < -0.3 is 5.32 Å². The predicted octanol–water partition coefficient (Wildman–Crippen LogP) is 1.59. The Morgan fingerprint density at radius 1 is 1.32 bits per heavy atom. The molecular formula is C14H22N2O2S. The summed E-state index contributed by atoms with van der Waals surface area (Å²) in [5.41, 5.74) is 0.856. The molecule has 0 saturated carbocycles. The van der Waals surface area contributed by atoms with Crippen molar-refractivity contribution in [1.29, 1.82) is 0 Å². The van der Waals surface area contributed by atoms with Gasteiger partial charge in [-0.3, -0.25) is 0 Å². The van der Waals surface area contributed by atoms with Crippen molar-refractivity contribution < 1.29 is 8.42 Å². The first-order valence-corrected chi connectivity index (χ1v) is 8.48. The van der Waals surface area contributed by atoms with Crippen LogP contribution in [0.5, 0.6) is 0 Å². The van der Waals surface area contributed by atoms with Crippen LogP contribution in [0.2, 0.25) is 0 Å². The summed E-state index contributed by atoms with van der Waals surface area (Å²) in [5.74, 6) is 0.102. The molecule has 0 radical (unpaired) electrons. The zero-order valence-electron chi connectivity index (χ0n) is 11.4. The summed E-state index contributed by atoms with van der Waals surface area (Å²) < 4.78 is 26.8. The van der Waals surface area contributed by atoms with E-state index >= 15 is 0 Å². The van der Waals surface area contributed by atoms with Crippen molar-refractivity contribution in [1.82, 2.24) is 9.62 Å². The van der Waals surface area contributed by atoms with Crippen molar-refractivity contribution >= 4 is 10.0 Å². The second-order valence-corrected chi connectivity index (χ2v) is 6.92. The van der Waals surface area contributed by atoms with E-state index in [2.05, 4.69) is 5.32 Å². The van der Waals surface area contributed by atoms with Gasteiger partial charge in [0, 0.05) is 19.1 Å². The number of hydrogen-bond donors (Lipinski definition) is 1. The average molecular weight is 282 g/mol. The van der Waals surface area contributed by atoms with Gasteiger partial charge in [-0.2, -0.15) is 4.31 Å². The minimum Gasteiger partial charge on any atom is -0.315 e. The second-order valence-electron chi connectivity index (χ2n) is 5.00. The summed E-state index contributed by atoms with van der Waals surface area (Å²) in [6.45, 7) is 4.31. The topological polar surface area (TPSA) is 49.4 Å². The Balaban J connectivity index is 2.14. The van der Waals surface area contributed by atoms with Gasteiger partial charge in [-0.15, -0.1) is 0 Å². The van der Waals surface area contributed by atoms with Gasteiger partial charge in [0.25, 0.3) is 0 Å². The predicted molar refractivity (Wildman–Crippen MR) is 77.3 cm³/mol. The van der Waals surface area contributed by atoms with E-state index < -0.39 is 10.0 Å². The lowest BCUT2D eigenvalue weighted by molar-refractivity contribution is 0.334. The fourth-order valence-electron chi connectivity index (χ4n) is 2.52. The van der Waals surface area contributed by atoms with Crippen LogP contribution in [-0.4, -0.2) is 38.4 Å². The summed E-state index contributed by atoms with van der Waals surface area (Å²) >= 11 is 0. The van der Waals surface area contributed by atoms with E-state index in [4.69, 9.17) is 0 Å². The fourth-order valence-corrected chi connectivity index (χ4v) is 4.40. The molecule has 0 bridgehead atoms. The Kier molecular flexibility index (Phi) is 4.96. The second kappa shape index (κ2) is 6.50. The monoisotopic (exact) mass is 282 g/mol. The number of sulfonamides is 1. The highest BCUT2D eigenvalue weighted by molar-refractivity contribution is 7.88. The van der Waals surface area contributed by atoms with Gasteiger partial charge in [0.2, 0.25) is 10.0 Å². The maximum atomic E-state index is 12.6. The van der Waals surface area contributed by atoms with Crippen molar-refractivity contribution in [3.63, 3.8) is 0 Å². The molecule has 5 heteroatoms. The standard InChI is InChI=1S/C14H22N2O2S/c1-2-10-16(14-8-9-15-11-14)19(17,18)12-13-6-4-3-5-7-13/h3-7,14-15H,2,8-12H2,1H3. The molecule has 1 heterocycles. The number of nitrogens with one attached hydrogen (secondary N) is 1. The highest BCUT2D eigenvalue weighted by atomic mass is 32.2. The lowest BCUT2D eigenvalue weighted by Gasteiger charge is -2.27. The van der Waals surface area contributed by atoms with Crippen LogP contribution in [0, 0.1) is 0 Å². The normalized spacial score (nSPS) is 20.0. The van der Waals surface area contributed by atoms with Gasteiger partial charge in [-0.05, 0) is 24.9 Å². The van der Waals surface area contributed by atoms with Crippen LogP contribution in [0.1, 0.15) is 25.3 Å². The highest BCUT2D eigenvalue weighted by Gasteiger charge is 2.31. The molecule has 1 aliphatic heterocycles. The molecule has 0 amide bonds. The van der Waals surface area contributed by atoms with Crippen LogP contribution >= 0.6 is 0 Å². The Hall–Kier alpha value is -0.910. The van der Waals surface area contributed by atoms with E-state index in [9.17, 15) is 8.42 Å². The molecule has 106 valence electrons. The quantitative estimate of drug-likeness (QED) is 0.862. The summed E-state index contributed by atoms with van der Waals surface area (Å²) in [6.07, 6.45) is 1.76. The molecule has 4 nitrogen and oxygen atoms in total. The minimum atomic E-state index is -3.23. The van der Waals surface area contributed by atoms with E-state index in [1.54, 1.807) is 4.31 Å². The van der Waals surface area contributed by atoms with Gasteiger partial charge in [-0.25, -0.2) is 8.42 Å². The van der Waals surface area contributed by atoms with Gasteiger partial charge in [0.15, 0.2) is 0 Å². The minimum absolute atomic E-state index is 0.102. The van der Waals surface area contributed by atoms with Crippen LogP contribution < -0.4 is 5.32 Å². The van der Waals surface area contributed by atoms with Gasteiger partial charge in [0.05, 0.1) is 5.75 Å². The molecule has 2 rings (SSSR count).